The largest absolute Gasteiger partial charge is 0.333 e. The number of benzene rings is 2. The van der Waals surface area contributed by atoms with Gasteiger partial charge in [-0.25, -0.2) is 4.98 Å². The number of halogens is 1. The zero-order valence-corrected chi connectivity index (χ0v) is 14.1. The number of aryl methyl sites for hydroxylation is 1. The lowest BCUT2D eigenvalue weighted by atomic mass is 10.2. The van der Waals surface area contributed by atoms with Gasteiger partial charge in [0.25, 0.3) is 0 Å². The monoisotopic (exact) mass is 361 g/mol. The van der Waals surface area contributed by atoms with Gasteiger partial charge in [0.05, 0.1) is 11.0 Å². The highest BCUT2D eigenvalue weighted by Crippen LogP contribution is 2.33. The normalized spacial score (nSPS) is 11.2. The van der Waals surface area contributed by atoms with Crippen molar-refractivity contribution in [1.82, 2.24) is 9.97 Å². The number of nitrogens with two attached hydrogens (primary N) is 1. The van der Waals surface area contributed by atoms with Gasteiger partial charge in [-0.15, -0.1) is 0 Å². The molecule has 3 rings (SSSR count). The second-order valence-electron chi connectivity index (χ2n) is 4.97. The first-order valence-corrected chi connectivity index (χ1v) is 8.39. The standard InChI is InChI=1S/C16H16BrN3S/c1-10-2-4-13-14(8-10)20-16(19-13)21-15-5-3-11(6-7-18)9-12(15)17/h2-5,8-9H,6-7,18H2,1H3,(H,19,20). The Morgan fingerprint density at radius 2 is 2.10 bits per heavy atom. The summed E-state index contributed by atoms with van der Waals surface area (Å²) >= 11 is 5.25. The predicted octanol–water partition coefficient (Wildman–Crippen LogP) is 4.29. The predicted molar refractivity (Wildman–Crippen MR) is 91.9 cm³/mol. The van der Waals surface area contributed by atoms with E-state index in [0.29, 0.717) is 6.54 Å². The molecule has 0 unspecified atom stereocenters. The lowest BCUT2D eigenvalue weighted by molar-refractivity contribution is 0.964. The summed E-state index contributed by atoms with van der Waals surface area (Å²) in [6.07, 6.45) is 0.896. The van der Waals surface area contributed by atoms with E-state index in [-0.39, 0.29) is 0 Å². The van der Waals surface area contributed by atoms with E-state index in [1.165, 1.54) is 11.1 Å². The smallest absolute Gasteiger partial charge is 0.171 e. The maximum Gasteiger partial charge on any atom is 0.171 e. The Bertz CT molecular complexity index is 782. The number of fused-ring (bicyclic) bond motifs is 1. The SMILES string of the molecule is Cc1ccc2nc(Sc3ccc(CCN)cc3Br)[nH]c2c1. The number of hydrogen-bond donors (Lipinski definition) is 2. The Balaban J connectivity index is 1.87. The molecule has 5 heteroatoms. The summed E-state index contributed by atoms with van der Waals surface area (Å²) in [4.78, 5) is 9.12. The molecule has 3 aromatic rings. The molecule has 0 fully saturated rings. The highest BCUT2D eigenvalue weighted by molar-refractivity contribution is 9.10. The molecule has 0 amide bonds. The number of nitrogens with zero attached hydrogens (tertiary/aromatic N) is 1. The van der Waals surface area contributed by atoms with E-state index in [1.807, 2.05) is 6.07 Å². The number of hydrogen-bond acceptors (Lipinski definition) is 3. The summed E-state index contributed by atoms with van der Waals surface area (Å²) in [6.45, 7) is 2.75. The van der Waals surface area contributed by atoms with Gasteiger partial charge in [0, 0.05) is 9.37 Å². The zero-order chi connectivity index (χ0) is 14.8. The van der Waals surface area contributed by atoms with Crippen molar-refractivity contribution >= 4 is 38.7 Å². The third kappa shape index (κ3) is 3.31. The van der Waals surface area contributed by atoms with E-state index >= 15 is 0 Å². The number of H-pyrrole nitrogens is 1. The van der Waals surface area contributed by atoms with Crippen molar-refractivity contribution in [3.8, 4) is 0 Å². The average Bonchev–Trinajstić information content (AvgIpc) is 2.83. The highest BCUT2D eigenvalue weighted by atomic mass is 79.9. The van der Waals surface area contributed by atoms with E-state index in [9.17, 15) is 0 Å². The van der Waals surface area contributed by atoms with E-state index < -0.39 is 0 Å². The van der Waals surface area contributed by atoms with E-state index in [2.05, 4.69) is 63.2 Å². The van der Waals surface area contributed by atoms with Crippen LogP contribution in [0, 0.1) is 6.92 Å². The van der Waals surface area contributed by atoms with Gasteiger partial charge in [-0.05, 0) is 71.2 Å². The fraction of sp³-hybridized carbons (Fsp3) is 0.188. The number of nitrogens with one attached hydrogen (secondary N) is 1. The van der Waals surface area contributed by atoms with Crippen molar-refractivity contribution in [2.75, 3.05) is 6.54 Å². The molecule has 0 atom stereocenters. The minimum absolute atomic E-state index is 0.669. The molecule has 3 nitrogen and oxygen atoms in total. The summed E-state index contributed by atoms with van der Waals surface area (Å²) in [5.74, 6) is 0. The van der Waals surface area contributed by atoms with E-state index in [0.717, 1.165) is 32.0 Å². The van der Waals surface area contributed by atoms with E-state index in [1.54, 1.807) is 11.8 Å². The quantitative estimate of drug-likeness (QED) is 0.728. The molecule has 0 aliphatic carbocycles. The number of imidazole rings is 1. The first kappa shape index (κ1) is 14.6. The maximum atomic E-state index is 5.59. The molecule has 2 aromatic carbocycles. The molecular formula is C16H16BrN3S. The van der Waals surface area contributed by atoms with Crippen molar-refractivity contribution in [3.05, 3.63) is 52.0 Å². The van der Waals surface area contributed by atoms with Crippen LogP contribution in [-0.4, -0.2) is 16.5 Å². The van der Waals surface area contributed by atoms with Crippen LogP contribution >= 0.6 is 27.7 Å². The lowest BCUT2D eigenvalue weighted by Gasteiger charge is -2.05. The van der Waals surface area contributed by atoms with Crippen LogP contribution in [0.2, 0.25) is 0 Å². The molecule has 0 aliphatic heterocycles. The summed E-state index contributed by atoms with van der Waals surface area (Å²) < 4.78 is 1.08. The van der Waals surface area contributed by atoms with Crippen LogP contribution < -0.4 is 5.73 Å². The molecule has 0 bridgehead atoms. The molecule has 3 N–H and O–H groups in total. The van der Waals surface area contributed by atoms with Gasteiger partial charge < -0.3 is 10.7 Å². The first-order valence-electron chi connectivity index (χ1n) is 6.78. The van der Waals surface area contributed by atoms with Crippen LogP contribution in [0.25, 0.3) is 11.0 Å². The van der Waals surface area contributed by atoms with Crippen molar-refractivity contribution in [2.24, 2.45) is 5.73 Å². The van der Waals surface area contributed by atoms with Crippen LogP contribution in [0.5, 0.6) is 0 Å². The summed E-state index contributed by atoms with van der Waals surface area (Å²) in [7, 11) is 0. The van der Waals surface area contributed by atoms with Gasteiger partial charge in [-0.2, -0.15) is 0 Å². The van der Waals surface area contributed by atoms with Crippen LogP contribution in [0.4, 0.5) is 0 Å². The van der Waals surface area contributed by atoms with Crippen LogP contribution in [0.15, 0.2) is 50.9 Å². The highest BCUT2D eigenvalue weighted by Gasteiger charge is 2.08. The molecule has 0 saturated heterocycles. The molecule has 0 spiro atoms. The molecule has 0 radical (unpaired) electrons. The van der Waals surface area contributed by atoms with Crippen LogP contribution in [-0.2, 0) is 6.42 Å². The molecule has 0 saturated carbocycles. The minimum Gasteiger partial charge on any atom is -0.333 e. The van der Waals surface area contributed by atoms with Gasteiger partial charge in [0.2, 0.25) is 0 Å². The first-order chi connectivity index (χ1) is 10.2. The Hall–Kier alpha value is -1.30. The fourth-order valence-electron chi connectivity index (χ4n) is 2.20. The lowest BCUT2D eigenvalue weighted by Crippen LogP contribution is -2.02. The Morgan fingerprint density at radius 3 is 2.86 bits per heavy atom. The van der Waals surface area contributed by atoms with Gasteiger partial charge in [-0.1, -0.05) is 23.9 Å². The third-order valence-electron chi connectivity index (χ3n) is 3.25. The van der Waals surface area contributed by atoms with Gasteiger partial charge in [0.15, 0.2) is 5.16 Å². The molecule has 21 heavy (non-hydrogen) atoms. The topological polar surface area (TPSA) is 54.7 Å². The van der Waals surface area contributed by atoms with Crippen molar-refractivity contribution in [1.29, 1.82) is 0 Å². The summed E-state index contributed by atoms with van der Waals surface area (Å²) in [5.41, 5.74) is 10.1. The summed E-state index contributed by atoms with van der Waals surface area (Å²) in [5, 5.41) is 0.905. The van der Waals surface area contributed by atoms with Gasteiger partial charge in [-0.3, -0.25) is 0 Å². The molecule has 1 heterocycles. The Kier molecular flexibility index (Phi) is 4.33. The van der Waals surface area contributed by atoms with Crippen molar-refractivity contribution in [3.63, 3.8) is 0 Å². The van der Waals surface area contributed by atoms with E-state index in [4.69, 9.17) is 5.73 Å². The van der Waals surface area contributed by atoms with Crippen molar-refractivity contribution in [2.45, 2.75) is 23.4 Å². The average molecular weight is 362 g/mol. The van der Waals surface area contributed by atoms with Crippen LogP contribution in [0.3, 0.4) is 0 Å². The number of aromatic nitrogens is 2. The minimum atomic E-state index is 0.669. The van der Waals surface area contributed by atoms with Gasteiger partial charge >= 0.3 is 0 Å². The summed E-state index contributed by atoms with van der Waals surface area (Å²) in [6, 6.07) is 12.6. The van der Waals surface area contributed by atoms with Gasteiger partial charge in [0.1, 0.15) is 0 Å². The second kappa shape index (κ2) is 6.22. The molecule has 0 aliphatic rings. The molecular weight excluding hydrogens is 346 g/mol. The molecule has 108 valence electrons. The third-order valence-corrected chi connectivity index (χ3v) is 5.13. The number of aromatic amines is 1. The van der Waals surface area contributed by atoms with Crippen molar-refractivity contribution < 1.29 is 0 Å². The Labute approximate surface area is 136 Å². The fourth-order valence-corrected chi connectivity index (χ4v) is 3.68. The second-order valence-corrected chi connectivity index (χ2v) is 6.85. The number of rotatable bonds is 4. The molecule has 1 aromatic heterocycles. The maximum absolute atomic E-state index is 5.59. The van der Waals surface area contributed by atoms with Crippen LogP contribution in [0.1, 0.15) is 11.1 Å². The zero-order valence-electron chi connectivity index (χ0n) is 11.7. The Morgan fingerprint density at radius 1 is 1.24 bits per heavy atom.